The SMILES string of the molecule is CCOc1ccc(NC(=O)c2cccc(C)c2N)cc1. The molecule has 0 spiro atoms. The first-order chi connectivity index (χ1) is 9.61. The minimum Gasteiger partial charge on any atom is -0.494 e. The second-order valence-electron chi connectivity index (χ2n) is 4.45. The highest BCUT2D eigenvalue weighted by Gasteiger charge is 2.11. The minimum absolute atomic E-state index is 0.213. The zero-order chi connectivity index (χ0) is 14.5. The van der Waals surface area contributed by atoms with Crippen molar-refractivity contribution in [2.24, 2.45) is 0 Å². The van der Waals surface area contributed by atoms with E-state index in [0.29, 0.717) is 23.5 Å². The average molecular weight is 270 g/mol. The molecule has 0 saturated heterocycles. The Labute approximate surface area is 118 Å². The molecule has 0 saturated carbocycles. The fraction of sp³-hybridized carbons (Fsp3) is 0.188. The van der Waals surface area contributed by atoms with Crippen LogP contribution in [-0.2, 0) is 0 Å². The first kappa shape index (κ1) is 13.9. The molecule has 20 heavy (non-hydrogen) atoms. The summed E-state index contributed by atoms with van der Waals surface area (Å²) in [5.41, 5.74) is 8.52. The third-order valence-corrected chi connectivity index (χ3v) is 2.99. The summed E-state index contributed by atoms with van der Waals surface area (Å²) in [6.07, 6.45) is 0. The molecule has 0 fully saturated rings. The van der Waals surface area contributed by atoms with Gasteiger partial charge in [0, 0.05) is 11.4 Å². The smallest absolute Gasteiger partial charge is 0.257 e. The van der Waals surface area contributed by atoms with Gasteiger partial charge in [0.2, 0.25) is 0 Å². The van der Waals surface area contributed by atoms with E-state index in [1.165, 1.54) is 0 Å². The van der Waals surface area contributed by atoms with E-state index >= 15 is 0 Å². The molecule has 2 rings (SSSR count). The van der Waals surface area contributed by atoms with Crippen molar-refractivity contribution in [1.82, 2.24) is 0 Å². The highest BCUT2D eigenvalue weighted by atomic mass is 16.5. The predicted octanol–water partition coefficient (Wildman–Crippen LogP) is 3.23. The molecule has 4 nitrogen and oxygen atoms in total. The van der Waals surface area contributed by atoms with Crippen LogP contribution in [-0.4, -0.2) is 12.5 Å². The molecule has 0 aliphatic rings. The maximum Gasteiger partial charge on any atom is 0.257 e. The number of para-hydroxylation sites is 1. The van der Waals surface area contributed by atoms with Gasteiger partial charge < -0.3 is 15.8 Å². The lowest BCUT2D eigenvalue weighted by atomic mass is 10.1. The van der Waals surface area contributed by atoms with Crippen molar-refractivity contribution in [3.8, 4) is 5.75 Å². The second-order valence-corrected chi connectivity index (χ2v) is 4.45. The second kappa shape index (κ2) is 6.10. The number of nitrogen functional groups attached to an aromatic ring is 1. The third-order valence-electron chi connectivity index (χ3n) is 2.99. The lowest BCUT2D eigenvalue weighted by Gasteiger charge is -2.10. The number of carbonyl (C=O) groups is 1. The Balaban J connectivity index is 2.13. The van der Waals surface area contributed by atoms with Gasteiger partial charge in [-0.2, -0.15) is 0 Å². The highest BCUT2D eigenvalue weighted by Crippen LogP contribution is 2.20. The molecule has 0 unspecified atom stereocenters. The molecule has 0 aliphatic carbocycles. The van der Waals surface area contributed by atoms with E-state index in [4.69, 9.17) is 10.5 Å². The van der Waals surface area contributed by atoms with Crippen LogP contribution in [0, 0.1) is 6.92 Å². The monoisotopic (exact) mass is 270 g/mol. The number of nitrogens with two attached hydrogens (primary N) is 1. The fourth-order valence-corrected chi connectivity index (χ4v) is 1.88. The van der Waals surface area contributed by atoms with Crippen LogP contribution >= 0.6 is 0 Å². The molecule has 104 valence electrons. The van der Waals surface area contributed by atoms with Gasteiger partial charge in [0.25, 0.3) is 5.91 Å². The molecule has 1 amide bonds. The Hall–Kier alpha value is -2.49. The summed E-state index contributed by atoms with van der Waals surface area (Å²) in [5.74, 6) is 0.566. The predicted molar refractivity (Wildman–Crippen MR) is 81.2 cm³/mol. The molecule has 0 heterocycles. The Bertz CT molecular complexity index is 606. The number of hydrogen-bond donors (Lipinski definition) is 2. The fourth-order valence-electron chi connectivity index (χ4n) is 1.88. The van der Waals surface area contributed by atoms with Gasteiger partial charge in [-0.3, -0.25) is 4.79 Å². The number of hydrogen-bond acceptors (Lipinski definition) is 3. The maximum absolute atomic E-state index is 12.2. The number of anilines is 2. The summed E-state index contributed by atoms with van der Waals surface area (Å²) in [6, 6.07) is 12.6. The summed E-state index contributed by atoms with van der Waals surface area (Å²) in [7, 11) is 0. The van der Waals surface area contributed by atoms with Crippen LogP contribution in [0.15, 0.2) is 42.5 Å². The molecule has 0 aromatic heterocycles. The Morgan fingerprint density at radius 2 is 1.90 bits per heavy atom. The van der Waals surface area contributed by atoms with E-state index in [-0.39, 0.29) is 5.91 Å². The summed E-state index contributed by atoms with van der Waals surface area (Å²) >= 11 is 0. The number of nitrogens with one attached hydrogen (secondary N) is 1. The Morgan fingerprint density at radius 1 is 1.20 bits per heavy atom. The van der Waals surface area contributed by atoms with Crippen LogP contribution < -0.4 is 15.8 Å². The van der Waals surface area contributed by atoms with Crippen molar-refractivity contribution in [2.45, 2.75) is 13.8 Å². The van der Waals surface area contributed by atoms with Crippen LogP contribution in [0.1, 0.15) is 22.8 Å². The number of carbonyl (C=O) groups excluding carboxylic acids is 1. The lowest BCUT2D eigenvalue weighted by molar-refractivity contribution is 0.102. The summed E-state index contributed by atoms with van der Waals surface area (Å²) in [5, 5.41) is 2.82. The van der Waals surface area contributed by atoms with Crippen molar-refractivity contribution in [3.63, 3.8) is 0 Å². The van der Waals surface area contributed by atoms with Gasteiger partial charge in [0.05, 0.1) is 12.2 Å². The molecule has 4 heteroatoms. The summed E-state index contributed by atoms with van der Waals surface area (Å²) in [4.78, 5) is 12.2. The molecule has 3 N–H and O–H groups in total. The number of ether oxygens (including phenoxy) is 1. The quantitative estimate of drug-likeness (QED) is 0.838. The average Bonchev–Trinajstić information content (AvgIpc) is 2.44. The van der Waals surface area contributed by atoms with Crippen LogP contribution in [0.2, 0.25) is 0 Å². The Kier molecular flexibility index (Phi) is 4.25. The third kappa shape index (κ3) is 3.09. The molecular formula is C16H18N2O2. The number of benzene rings is 2. The number of aryl methyl sites for hydroxylation is 1. The van der Waals surface area contributed by atoms with E-state index in [2.05, 4.69) is 5.32 Å². The molecule has 0 aliphatic heterocycles. The molecule has 0 bridgehead atoms. The van der Waals surface area contributed by atoms with E-state index < -0.39 is 0 Å². The minimum atomic E-state index is -0.213. The van der Waals surface area contributed by atoms with E-state index in [1.807, 2.05) is 38.1 Å². The van der Waals surface area contributed by atoms with E-state index in [0.717, 1.165) is 11.3 Å². The van der Waals surface area contributed by atoms with Gasteiger partial charge in [-0.15, -0.1) is 0 Å². The van der Waals surface area contributed by atoms with Crippen LogP contribution in [0.4, 0.5) is 11.4 Å². The van der Waals surface area contributed by atoms with Crippen molar-refractivity contribution < 1.29 is 9.53 Å². The van der Waals surface area contributed by atoms with Gasteiger partial charge in [-0.1, -0.05) is 12.1 Å². The summed E-state index contributed by atoms with van der Waals surface area (Å²) < 4.78 is 5.35. The first-order valence-electron chi connectivity index (χ1n) is 6.51. The standard InChI is InChI=1S/C16H18N2O2/c1-3-20-13-9-7-12(8-10-13)18-16(19)14-6-4-5-11(2)15(14)17/h4-10H,3,17H2,1-2H3,(H,18,19). The van der Waals surface area contributed by atoms with E-state index in [1.54, 1.807) is 18.2 Å². The van der Waals surface area contributed by atoms with Crippen LogP contribution in [0.3, 0.4) is 0 Å². The van der Waals surface area contributed by atoms with Gasteiger partial charge in [-0.25, -0.2) is 0 Å². The van der Waals surface area contributed by atoms with Gasteiger partial charge >= 0.3 is 0 Å². The molecule has 2 aromatic carbocycles. The van der Waals surface area contributed by atoms with Gasteiger partial charge in [0.1, 0.15) is 5.75 Å². The largest absolute Gasteiger partial charge is 0.494 e. The molecular weight excluding hydrogens is 252 g/mol. The maximum atomic E-state index is 12.2. The van der Waals surface area contributed by atoms with Crippen molar-refractivity contribution >= 4 is 17.3 Å². The molecule has 2 aromatic rings. The summed E-state index contributed by atoms with van der Waals surface area (Å²) in [6.45, 7) is 4.42. The van der Waals surface area contributed by atoms with Crippen molar-refractivity contribution in [3.05, 3.63) is 53.6 Å². The molecule has 0 radical (unpaired) electrons. The normalized spacial score (nSPS) is 10.1. The zero-order valence-electron chi connectivity index (χ0n) is 11.6. The van der Waals surface area contributed by atoms with E-state index in [9.17, 15) is 4.79 Å². The topological polar surface area (TPSA) is 64.3 Å². The molecule has 0 atom stereocenters. The number of rotatable bonds is 4. The van der Waals surface area contributed by atoms with Crippen LogP contribution in [0.25, 0.3) is 0 Å². The first-order valence-corrected chi connectivity index (χ1v) is 6.51. The lowest BCUT2D eigenvalue weighted by Crippen LogP contribution is -2.14. The van der Waals surface area contributed by atoms with Gasteiger partial charge in [-0.05, 0) is 49.7 Å². The highest BCUT2D eigenvalue weighted by molar-refractivity contribution is 6.08. The van der Waals surface area contributed by atoms with Crippen molar-refractivity contribution in [1.29, 1.82) is 0 Å². The Morgan fingerprint density at radius 3 is 2.55 bits per heavy atom. The van der Waals surface area contributed by atoms with Crippen molar-refractivity contribution in [2.75, 3.05) is 17.7 Å². The van der Waals surface area contributed by atoms with Gasteiger partial charge in [0.15, 0.2) is 0 Å². The van der Waals surface area contributed by atoms with Crippen LogP contribution in [0.5, 0.6) is 5.75 Å². The zero-order valence-corrected chi connectivity index (χ0v) is 11.6. The number of amides is 1.